The molecule has 1 aromatic heterocycles. The van der Waals surface area contributed by atoms with Gasteiger partial charge in [0.15, 0.2) is 6.61 Å². The number of nitrogens with zero attached hydrogens (tertiary/aromatic N) is 2. The summed E-state index contributed by atoms with van der Waals surface area (Å²) in [6, 6.07) is 12.3. The van der Waals surface area contributed by atoms with Gasteiger partial charge in [0.2, 0.25) is 5.88 Å². The van der Waals surface area contributed by atoms with Gasteiger partial charge >= 0.3 is 5.97 Å². The zero-order valence-corrected chi connectivity index (χ0v) is 13.5. The van der Waals surface area contributed by atoms with E-state index in [1.807, 2.05) is 6.07 Å². The number of aliphatic carboxylic acids is 1. The van der Waals surface area contributed by atoms with Crippen LogP contribution in [-0.4, -0.2) is 46.6 Å². The number of carbonyl (C=O) groups is 2. The SMILES string of the molecule is O=C(O)C1CCN(C(=O)COc2ccc(Oc3ccccn3)cc2)C1. The van der Waals surface area contributed by atoms with E-state index >= 15 is 0 Å². The Balaban J connectivity index is 1.49. The molecule has 1 unspecified atom stereocenters. The van der Waals surface area contributed by atoms with Crippen LogP contribution in [0.2, 0.25) is 0 Å². The summed E-state index contributed by atoms with van der Waals surface area (Å²) in [5.41, 5.74) is 0. The van der Waals surface area contributed by atoms with E-state index in [9.17, 15) is 9.59 Å². The molecule has 0 saturated carbocycles. The summed E-state index contributed by atoms with van der Waals surface area (Å²) in [6.07, 6.45) is 2.13. The number of benzene rings is 1. The molecule has 2 heterocycles. The van der Waals surface area contributed by atoms with Crippen LogP contribution in [0.1, 0.15) is 6.42 Å². The lowest BCUT2D eigenvalue weighted by Crippen LogP contribution is -2.33. The largest absolute Gasteiger partial charge is 0.484 e. The molecule has 0 radical (unpaired) electrons. The topological polar surface area (TPSA) is 89.0 Å². The molecule has 1 N–H and O–H groups in total. The van der Waals surface area contributed by atoms with Gasteiger partial charge in [-0.1, -0.05) is 6.07 Å². The predicted octanol–water partition coefficient (Wildman–Crippen LogP) is 2.19. The first-order valence-electron chi connectivity index (χ1n) is 7.94. The summed E-state index contributed by atoms with van der Waals surface area (Å²) in [5, 5.41) is 8.97. The smallest absolute Gasteiger partial charge is 0.308 e. The van der Waals surface area contributed by atoms with Crippen molar-refractivity contribution < 1.29 is 24.2 Å². The van der Waals surface area contributed by atoms with Crippen LogP contribution >= 0.6 is 0 Å². The Bertz CT molecular complexity index is 733. The number of carbonyl (C=O) groups excluding carboxylic acids is 1. The lowest BCUT2D eigenvalue weighted by molar-refractivity contribution is -0.141. The summed E-state index contributed by atoms with van der Waals surface area (Å²) >= 11 is 0. The number of likely N-dealkylation sites (tertiary alicyclic amines) is 1. The minimum Gasteiger partial charge on any atom is -0.484 e. The zero-order valence-electron chi connectivity index (χ0n) is 13.5. The van der Waals surface area contributed by atoms with Crippen LogP contribution in [0.5, 0.6) is 17.4 Å². The summed E-state index contributed by atoms with van der Waals surface area (Å²) < 4.78 is 11.0. The summed E-state index contributed by atoms with van der Waals surface area (Å²) in [6.45, 7) is 0.581. The Morgan fingerprint density at radius 3 is 2.56 bits per heavy atom. The van der Waals surface area contributed by atoms with E-state index in [0.29, 0.717) is 30.3 Å². The van der Waals surface area contributed by atoms with E-state index in [2.05, 4.69) is 4.98 Å². The van der Waals surface area contributed by atoms with Gasteiger partial charge in [-0.05, 0) is 36.8 Å². The Labute approximate surface area is 144 Å². The zero-order chi connectivity index (χ0) is 17.6. The molecule has 2 aromatic rings. The summed E-state index contributed by atoms with van der Waals surface area (Å²) in [5.74, 6) is 0.0922. The summed E-state index contributed by atoms with van der Waals surface area (Å²) in [4.78, 5) is 28.6. The van der Waals surface area contributed by atoms with Crippen molar-refractivity contribution in [3.8, 4) is 17.4 Å². The fourth-order valence-electron chi connectivity index (χ4n) is 2.56. The molecule has 1 saturated heterocycles. The van der Waals surface area contributed by atoms with Gasteiger partial charge in [0, 0.05) is 25.4 Å². The van der Waals surface area contributed by atoms with Crippen LogP contribution < -0.4 is 9.47 Å². The van der Waals surface area contributed by atoms with Gasteiger partial charge in [0.05, 0.1) is 5.92 Å². The number of carboxylic acids is 1. The molecule has 3 rings (SSSR count). The van der Waals surface area contributed by atoms with Crippen molar-refractivity contribution in [2.75, 3.05) is 19.7 Å². The van der Waals surface area contributed by atoms with Crippen LogP contribution in [0.4, 0.5) is 0 Å². The molecule has 7 heteroatoms. The standard InChI is InChI=1S/C18H18N2O5/c21-17(20-10-8-13(11-20)18(22)23)12-24-14-4-6-15(7-5-14)25-16-3-1-2-9-19-16/h1-7,9,13H,8,10-12H2,(H,22,23). The average molecular weight is 342 g/mol. The minimum absolute atomic E-state index is 0.118. The van der Waals surface area contributed by atoms with Gasteiger partial charge in [-0.25, -0.2) is 4.98 Å². The lowest BCUT2D eigenvalue weighted by atomic mass is 10.1. The first-order chi connectivity index (χ1) is 12.1. The minimum atomic E-state index is -0.861. The van der Waals surface area contributed by atoms with Crippen LogP contribution in [0.15, 0.2) is 48.7 Å². The third-order valence-electron chi connectivity index (χ3n) is 3.94. The number of ether oxygens (including phenoxy) is 2. The molecule has 0 bridgehead atoms. The highest BCUT2D eigenvalue weighted by atomic mass is 16.5. The van der Waals surface area contributed by atoms with Gasteiger partial charge in [-0.15, -0.1) is 0 Å². The van der Waals surface area contributed by atoms with Crippen molar-refractivity contribution in [1.29, 1.82) is 0 Å². The second kappa shape index (κ2) is 7.65. The van der Waals surface area contributed by atoms with Crippen molar-refractivity contribution in [3.05, 3.63) is 48.7 Å². The van der Waals surface area contributed by atoms with E-state index in [1.165, 1.54) is 4.90 Å². The molecule has 1 atom stereocenters. The highest BCUT2D eigenvalue weighted by Crippen LogP contribution is 2.22. The predicted molar refractivity (Wildman–Crippen MR) is 88.6 cm³/mol. The van der Waals surface area contributed by atoms with Gasteiger partial charge < -0.3 is 19.5 Å². The second-order valence-corrected chi connectivity index (χ2v) is 5.69. The van der Waals surface area contributed by atoms with E-state index in [-0.39, 0.29) is 19.1 Å². The molecule has 1 aliphatic rings. The van der Waals surface area contributed by atoms with Crippen LogP contribution in [0.25, 0.3) is 0 Å². The first-order valence-corrected chi connectivity index (χ1v) is 7.94. The van der Waals surface area contributed by atoms with Crippen molar-refractivity contribution in [1.82, 2.24) is 9.88 Å². The number of amides is 1. The molecule has 1 fully saturated rings. The molecule has 0 spiro atoms. The molecule has 130 valence electrons. The Morgan fingerprint density at radius 1 is 1.16 bits per heavy atom. The number of rotatable bonds is 6. The van der Waals surface area contributed by atoms with Crippen molar-refractivity contribution in [2.45, 2.75) is 6.42 Å². The van der Waals surface area contributed by atoms with Gasteiger partial charge in [-0.3, -0.25) is 9.59 Å². The van der Waals surface area contributed by atoms with E-state index in [1.54, 1.807) is 42.6 Å². The maximum Gasteiger partial charge on any atom is 0.308 e. The highest BCUT2D eigenvalue weighted by Gasteiger charge is 2.30. The first kappa shape index (κ1) is 16.8. The maximum absolute atomic E-state index is 12.1. The third kappa shape index (κ3) is 4.47. The average Bonchev–Trinajstić information content (AvgIpc) is 3.12. The molecule has 1 aromatic carbocycles. The normalized spacial score (nSPS) is 16.5. The van der Waals surface area contributed by atoms with E-state index in [4.69, 9.17) is 14.6 Å². The Kier molecular flexibility index (Phi) is 5.13. The summed E-state index contributed by atoms with van der Waals surface area (Å²) in [7, 11) is 0. The Hall–Kier alpha value is -3.09. The third-order valence-corrected chi connectivity index (χ3v) is 3.94. The van der Waals surface area contributed by atoms with E-state index < -0.39 is 11.9 Å². The number of carboxylic acid groups (broad SMARTS) is 1. The van der Waals surface area contributed by atoms with Gasteiger partial charge in [0.25, 0.3) is 5.91 Å². The van der Waals surface area contributed by atoms with Gasteiger partial charge in [-0.2, -0.15) is 0 Å². The fraction of sp³-hybridized carbons (Fsp3) is 0.278. The monoisotopic (exact) mass is 342 g/mol. The van der Waals surface area contributed by atoms with Crippen LogP contribution in [0.3, 0.4) is 0 Å². The van der Waals surface area contributed by atoms with Gasteiger partial charge in [0.1, 0.15) is 11.5 Å². The molecule has 1 aliphatic heterocycles. The number of hydrogen-bond donors (Lipinski definition) is 1. The van der Waals surface area contributed by atoms with E-state index in [0.717, 1.165) is 0 Å². The molecule has 1 amide bonds. The lowest BCUT2D eigenvalue weighted by Gasteiger charge is -2.16. The molecule has 7 nitrogen and oxygen atoms in total. The van der Waals surface area contributed by atoms with Crippen molar-refractivity contribution in [2.24, 2.45) is 5.92 Å². The van der Waals surface area contributed by atoms with Crippen molar-refractivity contribution in [3.63, 3.8) is 0 Å². The maximum atomic E-state index is 12.1. The number of pyridine rings is 1. The number of hydrogen-bond acceptors (Lipinski definition) is 5. The second-order valence-electron chi connectivity index (χ2n) is 5.69. The molecular formula is C18H18N2O5. The molecule has 25 heavy (non-hydrogen) atoms. The quantitative estimate of drug-likeness (QED) is 0.865. The molecular weight excluding hydrogens is 324 g/mol. The number of aromatic nitrogens is 1. The fourth-order valence-corrected chi connectivity index (χ4v) is 2.56. The van der Waals surface area contributed by atoms with Crippen LogP contribution in [0, 0.1) is 5.92 Å². The Morgan fingerprint density at radius 2 is 1.92 bits per heavy atom. The molecule has 0 aliphatic carbocycles. The highest BCUT2D eigenvalue weighted by molar-refractivity contribution is 5.80. The van der Waals surface area contributed by atoms with Crippen LogP contribution in [-0.2, 0) is 9.59 Å². The van der Waals surface area contributed by atoms with Crippen molar-refractivity contribution >= 4 is 11.9 Å².